The van der Waals surface area contributed by atoms with Crippen LogP contribution in [0.5, 0.6) is 0 Å². The van der Waals surface area contributed by atoms with Crippen molar-refractivity contribution in [2.24, 2.45) is 23.7 Å². The van der Waals surface area contributed by atoms with Gasteiger partial charge < -0.3 is 10.4 Å². The first-order valence-electron chi connectivity index (χ1n) is 6.64. The maximum atomic E-state index is 13.6. The lowest BCUT2D eigenvalue weighted by Gasteiger charge is -2.23. The van der Waals surface area contributed by atoms with Crippen molar-refractivity contribution in [3.8, 4) is 0 Å². The number of carbonyl (C=O) groups excluding carboxylic acids is 1. The second-order valence-corrected chi connectivity index (χ2v) is 5.45. The minimum absolute atomic E-state index is 0.139. The average Bonchev–Trinajstić information content (AvgIpc) is 3.02. The molecule has 6 heteroatoms. The third kappa shape index (κ3) is 2.30. The van der Waals surface area contributed by atoms with Gasteiger partial charge in [0, 0.05) is 6.07 Å². The highest BCUT2D eigenvalue weighted by molar-refractivity contribution is 5.96. The van der Waals surface area contributed by atoms with Crippen LogP contribution in [0.3, 0.4) is 0 Å². The second kappa shape index (κ2) is 4.95. The zero-order valence-corrected chi connectivity index (χ0v) is 10.9. The fourth-order valence-electron chi connectivity index (χ4n) is 3.32. The van der Waals surface area contributed by atoms with Crippen LogP contribution >= 0.6 is 0 Å². The first-order chi connectivity index (χ1) is 9.97. The number of allylic oxidation sites excluding steroid dienone is 2. The van der Waals surface area contributed by atoms with Crippen LogP contribution < -0.4 is 5.32 Å². The predicted molar refractivity (Wildman–Crippen MR) is 70.3 cm³/mol. The molecule has 1 aromatic carbocycles. The van der Waals surface area contributed by atoms with E-state index >= 15 is 0 Å². The van der Waals surface area contributed by atoms with Gasteiger partial charge in [0.2, 0.25) is 5.91 Å². The second-order valence-electron chi connectivity index (χ2n) is 5.45. The van der Waals surface area contributed by atoms with E-state index in [-0.39, 0.29) is 17.5 Å². The number of carbonyl (C=O) groups is 2. The Balaban J connectivity index is 1.82. The normalized spacial score (nSPS) is 29.6. The van der Waals surface area contributed by atoms with E-state index < -0.39 is 35.3 Å². The van der Waals surface area contributed by atoms with Crippen LogP contribution in [0.2, 0.25) is 0 Å². The standard InChI is InChI=1S/C15H13F2NO3/c16-9-3-4-11(10(17)6-9)18-14(19)12-7-1-2-8(5-7)13(12)15(20)21/h1-4,6-8,12-13H,5H2,(H,18,19)(H,20,21)/t7-,8-,12-,13-/m0/s1. The van der Waals surface area contributed by atoms with E-state index in [1.165, 1.54) is 0 Å². The largest absolute Gasteiger partial charge is 0.481 e. The van der Waals surface area contributed by atoms with Gasteiger partial charge in [0.25, 0.3) is 0 Å². The van der Waals surface area contributed by atoms with Crippen molar-refractivity contribution < 1.29 is 23.5 Å². The van der Waals surface area contributed by atoms with Gasteiger partial charge in [-0.3, -0.25) is 9.59 Å². The summed E-state index contributed by atoms with van der Waals surface area (Å²) in [5.41, 5.74) is -0.141. The predicted octanol–water partition coefficient (Wildman–Crippen LogP) is 2.43. The van der Waals surface area contributed by atoms with Crippen molar-refractivity contribution >= 4 is 17.6 Å². The molecule has 21 heavy (non-hydrogen) atoms. The minimum Gasteiger partial charge on any atom is -0.481 e. The molecule has 0 heterocycles. The molecule has 0 saturated heterocycles. The van der Waals surface area contributed by atoms with Gasteiger partial charge in [0.05, 0.1) is 17.5 Å². The quantitative estimate of drug-likeness (QED) is 0.841. The lowest BCUT2D eigenvalue weighted by atomic mass is 9.82. The lowest BCUT2D eigenvalue weighted by molar-refractivity contribution is -0.146. The number of aliphatic carboxylic acids is 1. The van der Waals surface area contributed by atoms with E-state index in [0.717, 1.165) is 12.1 Å². The summed E-state index contributed by atoms with van der Waals surface area (Å²) < 4.78 is 26.4. The molecule has 1 fully saturated rings. The number of amides is 1. The highest BCUT2D eigenvalue weighted by Crippen LogP contribution is 2.48. The van der Waals surface area contributed by atoms with Gasteiger partial charge in [-0.1, -0.05) is 12.2 Å². The van der Waals surface area contributed by atoms with Crippen molar-refractivity contribution in [2.45, 2.75) is 6.42 Å². The number of fused-ring (bicyclic) bond motifs is 2. The highest BCUT2D eigenvalue weighted by Gasteiger charge is 2.51. The maximum Gasteiger partial charge on any atom is 0.307 e. The Kier molecular flexibility index (Phi) is 3.23. The van der Waals surface area contributed by atoms with Gasteiger partial charge in [-0.25, -0.2) is 8.78 Å². The molecule has 1 aromatic rings. The summed E-state index contributed by atoms with van der Waals surface area (Å²) in [6.07, 6.45) is 4.29. The molecular weight excluding hydrogens is 280 g/mol. The van der Waals surface area contributed by atoms with Crippen LogP contribution in [0, 0.1) is 35.3 Å². The molecule has 1 amide bonds. The zero-order valence-electron chi connectivity index (χ0n) is 10.9. The first-order valence-corrected chi connectivity index (χ1v) is 6.64. The van der Waals surface area contributed by atoms with Crippen molar-refractivity contribution in [2.75, 3.05) is 5.32 Å². The molecule has 1 saturated carbocycles. The molecular formula is C15H13F2NO3. The van der Waals surface area contributed by atoms with E-state index in [1.54, 1.807) is 0 Å². The van der Waals surface area contributed by atoms with E-state index in [0.29, 0.717) is 12.5 Å². The molecule has 0 unspecified atom stereocenters. The van der Waals surface area contributed by atoms with Crippen molar-refractivity contribution in [1.82, 2.24) is 0 Å². The highest BCUT2D eigenvalue weighted by atomic mass is 19.1. The summed E-state index contributed by atoms with van der Waals surface area (Å²) in [6, 6.07) is 2.83. The van der Waals surface area contributed by atoms with Gasteiger partial charge in [0.1, 0.15) is 11.6 Å². The molecule has 2 aliphatic carbocycles. The number of rotatable bonds is 3. The number of halogens is 2. The molecule has 110 valence electrons. The van der Waals surface area contributed by atoms with Gasteiger partial charge in [0.15, 0.2) is 0 Å². The smallest absolute Gasteiger partial charge is 0.307 e. The lowest BCUT2D eigenvalue weighted by Crippen LogP contribution is -2.36. The Morgan fingerprint density at radius 3 is 2.43 bits per heavy atom. The summed E-state index contributed by atoms with van der Waals surface area (Å²) in [4.78, 5) is 23.6. The average molecular weight is 293 g/mol. The molecule has 2 N–H and O–H groups in total. The molecule has 0 aromatic heterocycles. The number of carboxylic acids is 1. The van der Waals surface area contributed by atoms with Gasteiger partial charge in [-0.15, -0.1) is 0 Å². The summed E-state index contributed by atoms with van der Waals surface area (Å²) in [5, 5.41) is 11.6. The zero-order chi connectivity index (χ0) is 15.1. The molecule has 0 spiro atoms. The fourth-order valence-corrected chi connectivity index (χ4v) is 3.32. The number of anilines is 1. The Hall–Kier alpha value is -2.24. The SMILES string of the molecule is O=C(O)[C@@H]1[C@@H](C(=O)Nc2ccc(F)cc2F)[C@H]2C=C[C@H]1C2. The van der Waals surface area contributed by atoms with Crippen LogP contribution in [0.15, 0.2) is 30.4 Å². The third-order valence-electron chi connectivity index (χ3n) is 4.24. The molecule has 2 aliphatic rings. The van der Waals surface area contributed by atoms with E-state index in [2.05, 4.69) is 5.32 Å². The Morgan fingerprint density at radius 1 is 1.14 bits per heavy atom. The molecule has 0 radical (unpaired) electrons. The van der Waals surface area contributed by atoms with Gasteiger partial charge in [-0.2, -0.15) is 0 Å². The van der Waals surface area contributed by atoms with Crippen LogP contribution in [0.4, 0.5) is 14.5 Å². The number of benzene rings is 1. The van der Waals surface area contributed by atoms with Crippen molar-refractivity contribution in [3.05, 3.63) is 42.0 Å². The Labute approximate surface area is 119 Å². The number of carboxylic acid groups (broad SMARTS) is 1. The van der Waals surface area contributed by atoms with Crippen molar-refractivity contribution in [1.29, 1.82) is 0 Å². The summed E-state index contributed by atoms with van der Waals surface area (Å²) in [5.74, 6) is -4.98. The van der Waals surface area contributed by atoms with E-state index in [4.69, 9.17) is 0 Å². The third-order valence-corrected chi connectivity index (χ3v) is 4.24. The topological polar surface area (TPSA) is 66.4 Å². The molecule has 0 aliphatic heterocycles. The Bertz CT molecular complexity index is 644. The molecule has 4 atom stereocenters. The first kappa shape index (κ1) is 13.7. The van der Waals surface area contributed by atoms with E-state index in [1.807, 2.05) is 12.2 Å². The number of hydrogen-bond donors (Lipinski definition) is 2. The number of nitrogens with one attached hydrogen (secondary N) is 1. The maximum absolute atomic E-state index is 13.6. The summed E-state index contributed by atoms with van der Waals surface area (Å²) in [6.45, 7) is 0. The molecule has 4 nitrogen and oxygen atoms in total. The molecule has 3 rings (SSSR count). The van der Waals surface area contributed by atoms with Crippen LogP contribution in [0.1, 0.15) is 6.42 Å². The van der Waals surface area contributed by atoms with Crippen LogP contribution in [-0.2, 0) is 9.59 Å². The van der Waals surface area contributed by atoms with Crippen molar-refractivity contribution in [3.63, 3.8) is 0 Å². The van der Waals surface area contributed by atoms with Crippen LogP contribution in [-0.4, -0.2) is 17.0 Å². The van der Waals surface area contributed by atoms with Gasteiger partial charge >= 0.3 is 5.97 Å². The Morgan fingerprint density at radius 2 is 1.81 bits per heavy atom. The van der Waals surface area contributed by atoms with E-state index in [9.17, 15) is 23.5 Å². The monoisotopic (exact) mass is 293 g/mol. The molecule has 2 bridgehead atoms. The number of hydrogen-bond acceptors (Lipinski definition) is 2. The van der Waals surface area contributed by atoms with Gasteiger partial charge in [-0.05, 0) is 30.4 Å². The minimum atomic E-state index is -1.02. The fraction of sp³-hybridized carbons (Fsp3) is 0.333. The summed E-state index contributed by atoms with van der Waals surface area (Å²) in [7, 11) is 0. The summed E-state index contributed by atoms with van der Waals surface area (Å²) >= 11 is 0. The van der Waals surface area contributed by atoms with Crippen LogP contribution in [0.25, 0.3) is 0 Å².